The maximum Gasteiger partial charge on any atom is 0.469 e. The highest BCUT2D eigenvalue weighted by Gasteiger charge is 2.47. The second kappa shape index (κ2) is 12.7. The number of phosphoric ester groups is 1. The van der Waals surface area contributed by atoms with Crippen LogP contribution in [0.25, 0.3) is 11.2 Å². The first-order chi connectivity index (χ1) is 19.0. The predicted molar refractivity (Wildman–Crippen MR) is 145 cm³/mol. The van der Waals surface area contributed by atoms with Gasteiger partial charge in [-0.05, 0) is 31.4 Å². The summed E-state index contributed by atoms with van der Waals surface area (Å²) in [5, 5.41) is 14.3. The van der Waals surface area contributed by atoms with Gasteiger partial charge in [-0.1, -0.05) is 25.5 Å². The number of carbonyl (C=O) groups excluding carboxylic acids is 1. The van der Waals surface area contributed by atoms with Crippen LogP contribution in [0.1, 0.15) is 49.7 Å². The SMILES string of the molecule is CCC(CC(=O)c1ccccc1NC)CC(C)OC1C(COP(=O)(O)O)OC(n2cnc3c(N)ncnc32)C1O. The van der Waals surface area contributed by atoms with Gasteiger partial charge in [-0.3, -0.25) is 13.9 Å². The molecular weight excluding hydrogens is 543 g/mol. The van der Waals surface area contributed by atoms with Crippen molar-refractivity contribution in [2.75, 3.05) is 24.7 Å². The molecule has 2 aromatic heterocycles. The van der Waals surface area contributed by atoms with E-state index >= 15 is 0 Å². The molecule has 0 amide bonds. The number of ether oxygens (including phenoxy) is 2. The van der Waals surface area contributed by atoms with Gasteiger partial charge >= 0.3 is 7.82 Å². The average molecular weight is 579 g/mol. The smallest absolute Gasteiger partial charge is 0.388 e. The molecule has 0 aliphatic carbocycles. The quantitative estimate of drug-likeness (QED) is 0.146. The number of hydrogen-bond donors (Lipinski definition) is 5. The fourth-order valence-electron chi connectivity index (χ4n) is 4.98. The standard InChI is InChI=1S/C25H35N6O8P/c1-4-15(10-18(32)16-7-5-6-8-17(16)27-3)9-14(2)38-22-19(11-37-40(34,35)36)39-25(21(22)33)31-13-30-20-23(26)28-12-29-24(20)31/h5-8,12-15,19,21-22,25,27,33H,4,9-11H2,1-3H3,(H2,26,28,29)(H2,34,35,36). The van der Waals surface area contributed by atoms with Crippen LogP contribution in [-0.2, 0) is 18.6 Å². The lowest BCUT2D eigenvalue weighted by Crippen LogP contribution is -2.39. The number of nitrogens with one attached hydrogen (secondary N) is 1. The van der Waals surface area contributed by atoms with Crippen LogP contribution in [0.15, 0.2) is 36.9 Å². The van der Waals surface area contributed by atoms with E-state index in [9.17, 15) is 24.3 Å². The maximum atomic E-state index is 13.0. The van der Waals surface area contributed by atoms with Gasteiger partial charge in [0.2, 0.25) is 0 Å². The number of benzene rings is 1. The van der Waals surface area contributed by atoms with Crippen LogP contribution in [0.5, 0.6) is 0 Å². The van der Waals surface area contributed by atoms with Gasteiger partial charge in [-0.25, -0.2) is 19.5 Å². The zero-order valence-electron chi connectivity index (χ0n) is 22.5. The number of aromatic nitrogens is 4. The molecule has 0 spiro atoms. The zero-order valence-corrected chi connectivity index (χ0v) is 23.3. The molecule has 0 radical (unpaired) electrons. The molecule has 40 heavy (non-hydrogen) atoms. The van der Waals surface area contributed by atoms with Crippen molar-refractivity contribution in [3.05, 3.63) is 42.5 Å². The predicted octanol–water partition coefficient (Wildman–Crippen LogP) is 2.28. The van der Waals surface area contributed by atoms with E-state index in [2.05, 4.69) is 20.3 Å². The number of hydrogen-bond acceptors (Lipinski definition) is 11. The fourth-order valence-corrected chi connectivity index (χ4v) is 5.32. The number of anilines is 2. The van der Waals surface area contributed by atoms with E-state index in [1.807, 2.05) is 32.0 Å². The van der Waals surface area contributed by atoms with E-state index in [0.717, 1.165) is 12.1 Å². The molecule has 3 aromatic rings. The van der Waals surface area contributed by atoms with Gasteiger partial charge < -0.3 is 35.4 Å². The number of carbonyl (C=O) groups is 1. The molecule has 1 saturated heterocycles. The topological polar surface area (TPSA) is 204 Å². The molecule has 14 nitrogen and oxygen atoms in total. The third-order valence-electron chi connectivity index (χ3n) is 6.98. The summed E-state index contributed by atoms with van der Waals surface area (Å²) < 4.78 is 29.7. The highest BCUT2D eigenvalue weighted by atomic mass is 31.2. The Balaban J connectivity index is 1.49. The Bertz CT molecular complexity index is 1370. The number of rotatable bonds is 13. The number of aliphatic hydroxyl groups is 1. The van der Waals surface area contributed by atoms with E-state index in [-0.39, 0.29) is 17.5 Å². The van der Waals surface area contributed by atoms with E-state index < -0.39 is 45.1 Å². The first kappa shape index (κ1) is 30.0. The van der Waals surface area contributed by atoms with Gasteiger partial charge in [0.05, 0.1) is 19.0 Å². The molecule has 218 valence electrons. The minimum Gasteiger partial charge on any atom is -0.388 e. The Hall–Kier alpha value is -2.97. The van der Waals surface area contributed by atoms with Gasteiger partial charge in [-0.15, -0.1) is 0 Å². The number of nitrogens with zero attached hydrogens (tertiary/aromatic N) is 4. The number of para-hydroxylation sites is 1. The summed E-state index contributed by atoms with van der Waals surface area (Å²) in [6.07, 6.45) is -0.633. The highest BCUT2D eigenvalue weighted by Crippen LogP contribution is 2.40. The van der Waals surface area contributed by atoms with Gasteiger partial charge in [0.25, 0.3) is 0 Å². The van der Waals surface area contributed by atoms with Crippen LogP contribution < -0.4 is 11.1 Å². The van der Waals surface area contributed by atoms with Crippen molar-refractivity contribution in [2.45, 2.75) is 63.8 Å². The second-order valence-corrected chi connectivity index (χ2v) is 11.0. The largest absolute Gasteiger partial charge is 0.469 e. The molecule has 6 atom stereocenters. The van der Waals surface area contributed by atoms with E-state index in [1.54, 1.807) is 13.1 Å². The minimum absolute atomic E-state index is 0.00877. The molecule has 0 bridgehead atoms. The van der Waals surface area contributed by atoms with E-state index in [0.29, 0.717) is 29.6 Å². The van der Waals surface area contributed by atoms with Gasteiger partial charge in [0.1, 0.15) is 30.2 Å². The van der Waals surface area contributed by atoms with Crippen molar-refractivity contribution in [1.82, 2.24) is 19.5 Å². The molecule has 0 saturated carbocycles. The summed E-state index contributed by atoms with van der Waals surface area (Å²) in [5.74, 6) is 0.149. The van der Waals surface area contributed by atoms with Gasteiger partial charge in [0, 0.05) is 24.7 Å². The lowest BCUT2D eigenvalue weighted by Gasteiger charge is -2.27. The van der Waals surface area contributed by atoms with Crippen molar-refractivity contribution >= 4 is 36.3 Å². The summed E-state index contributed by atoms with van der Waals surface area (Å²) >= 11 is 0. The molecule has 4 rings (SSSR count). The summed E-state index contributed by atoms with van der Waals surface area (Å²) in [7, 11) is -3.05. The molecule has 1 aliphatic heterocycles. The van der Waals surface area contributed by atoms with Crippen molar-refractivity contribution in [2.24, 2.45) is 5.92 Å². The number of Topliss-reactive ketones (excluding diaryl/α,β-unsaturated/α-hetero) is 1. The van der Waals surface area contributed by atoms with Crippen LogP contribution in [0.2, 0.25) is 0 Å². The number of fused-ring (bicyclic) bond motifs is 1. The first-order valence-electron chi connectivity index (χ1n) is 12.9. The Kier molecular flexibility index (Phi) is 9.52. The Morgan fingerprint density at radius 2 is 2.02 bits per heavy atom. The average Bonchev–Trinajstić information content (AvgIpc) is 3.48. The lowest BCUT2D eigenvalue weighted by atomic mass is 9.91. The maximum absolute atomic E-state index is 13.0. The number of nitrogens with two attached hydrogens (primary N) is 1. The molecular formula is C25H35N6O8P. The summed E-state index contributed by atoms with van der Waals surface area (Å²) in [4.78, 5) is 43.8. The van der Waals surface area contributed by atoms with Crippen LogP contribution in [0.4, 0.5) is 11.5 Å². The van der Waals surface area contributed by atoms with Crippen molar-refractivity contribution < 1.29 is 38.3 Å². The number of imidazole rings is 1. The van der Waals surface area contributed by atoms with E-state index in [1.165, 1.54) is 17.2 Å². The van der Waals surface area contributed by atoms with Crippen LogP contribution >= 0.6 is 7.82 Å². The highest BCUT2D eigenvalue weighted by molar-refractivity contribution is 7.46. The van der Waals surface area contributed by atoms with Crippen LogP contribution in [-0.4, -0.2) is 78.3 Å². The number of aliphatic hydroxyl groups excluding tert-OH is 1. The minimum atomic E-state index is -4.82. The summed E-state index contributed by atoms with van der Waals surface area (Å²) in [5.41, 5.74) is 7.88. The van der Waals surface area contributed by atoms with Crippen LogP contribution in [0.3, 0.4) is 0 Å². The van der Waals surface area contributed by atoms with Gasteiger partial charge in [-0.2, -0.15) is 0 Å². The lowest BCUT2D eigenvalue weighted by molar-refractivity contribution is -0.0882. The fraction of sp³-hybridized carbons (Fsp3) is 0.520. The molecule has 1 fully saturated rings. The molecule has 3 heterocycles. The van der Waals surface area contributed by atoms with Crippen molar-refractivity contribution in [3.63, 3.8) is 0 Å². The monoisotopic (exact) mass is 578 g/mol. The first-order valence-corrected chi connectivity index (χ1v) is 14.5. The summed E-state index contributed by atoms with van der Waals surface area (Å²) in [6, 6.07) is 7.32. The Morgan fingerprint density at radius 1 is 1.27 bits per heavy atom. The number of phosphoric acid groups is 1. The second-order valence-electron chi connectivity index (χ2n) is 9.77. The molecule has 6 N–H and O–H groups in total. The Morgan fingerprint density at radius 3 is 2.73 bits per heavy atom. The molecule has 6 unspecified atom stereocenters. The summed E-state index contributed by atoms with van der Waals surface area (Å²) in [6.45, 7) is 3.28. The third-order valence-corrected chi connectivity index (χ3v) is 7.47. The van der Waals surface area contributed by atoms with Crippen LogP contribution in [0, 0.1) is 5.92 Å². The Labute approximate surface area is 231 Å². The van der Waals surface area contributed by atoms with Crippen molar-refractivity contribution in [1.29, 1.82) is 0 Å². The molecule has 15 heteroatoms. The van der Waals surface area contributed by atoms with Gasteiger partial charge in [0.15, 0.2) is 23.5 Å². The van der Waals surface area contributed by atoms with E-state index in [4.69, 9.17) is 19.7 Å². The number of ketones is 1. The zero-order chi connectivity index (χ0) is 29.0. The molecule has 1 aromatic carbocycles. The molecule has 1 aliphatic rings. The van der Waals surface area contributed by atoms with Crippen molar-refractivity contribution in [3.8, 4) is 0 Å². The third kappa shape index (κ3) is 6.84. The normalized spacial score (nSPS) is 22.9. The number of nitrogen functional groups attached to an aromatic ring is 1.